The number of methoxy groups -OCH3 is 1. The number of carbonyl (C=O) groups is 1. The zero-order valence-electron chi connectivity index (χ0n) is 11.4. The molecule has 1 aliphatic rings. The van der Waals surface area contributed by atoms with Crippen molar-refractivity contribution in [2.24, 2.45) is 0 Å². The summed E-state index contributed by atoms with van der Waals surface area (Å²) in [5.41, 5.74) is 0.590. The molecule has 1 aliphatic heterocycles. The molecule has 1 heterocycles. The van der Waals surface area contributed by atoms with Crippen LogP contribution in [0.2, 0.25) is 0 Å². The largest absolute Gasteiger partial charge is 0.497 e. The Hall–Kier alpha value is -0.780. The van der Waals surface area contributed by atoms with Crippen LogP contribution in [0, 0.1) is 0 Å². The highest BCUT2D eigenvalue weighted by Crippen LogP contribution is 2.25. The first-order valence-electron chi connectivity index (χ1n) is 6.39. The van der Waals surface area contributed by atoms with Crippen molar-refractivity contribution in [1.82, 2.24) is 4.90 Å². The lowest BCUT2D eigenvalue weighted by molar-refractivity contribution is -0.0570. The minimum atomic E-state index is -0.117. The third-order valence-electron chi connectivity index (χ3n) is 3.19. The van der Waals surface area contributed by atoms with Gasteiger partial charge in [-0.05, 0) is 41.1 Å². The van der Waals surface area contributed by atoms with Gasteiger partial charge in [0, 0.05) is 17.6 Å². The Morgan fingerprint density at radius 3 is 2.95 bits per heavy atom. The number of amides is 1. The zero-order valence-corrected chi connectivity index (χ0v) is 13.8. The predicted molar refractivity (Wildman–Crippen MR) is 81.7 cm³/mol. The Morgan fingerprint density at radius 2 is 2.30 bits per heavy atom. The third-order valence-corrected chi connectivity index (χ3v) is 4.23. The van der Waals surface area contributed by atoms with E-state index in [4.69, 9.17) is 21.1 Å². The first-order chi connectivity index (χ1) is 9.55. The van der Waals surface area contributed by atoms with Crippen LogP contribution in [0.5, 0.6) is 5.75 Å². The summed E-state index contributed by atoms with van der Waals surface area (Å²) in [7, 11) is 1.58. The van der Waals surface area contributed by atoms with E-state index in [0.717, 1.165) is 4.47 Å². The average Bonchev–Trinajstić information content (AvgIpc) is 2.46. The zero-order chi connectivity index (χ0) is 14.7. The van der Waals surface area contributed by atoms with Gasteiger partial charge in [-0.2, -0.15) is 0 Å². The summed E-state index contributed by atoms with van der Waals surface area (Å²) >= 11 is 9.26. The van der Waals surface area contributed by atoms with Gasteiger partial charge >= 0.3 is 0 Å². The highest BCUT2D eigenvalue weighted by molar-refractivity contribution is 9.10. The number of ether oxygens (including phenoxy) is 2. The molecule has 20 heavy (non-hydrogen) atoms. The van der Waals surface area contributed by atoms with Crippen LogP contribution < -0.4 is 4.74 Å². The molecule has 1 aromatic carbocycles. The standard InChI is InChI=1S/C14H17BrClNO3/c1-9-7-17(8-11(6-16)20-9)14(18)12-5-10(19-2)3-4-13(12)15/h3-5,9,11H,6-8H2,1-2H3. The molecule has 0 aromatic heterocycles. The van der Waals surface area contributed by atoms with Crippen LogP contribution in [0.3, 0.4) is 0 Å². The highest BCUT2D eigenvalue weighted by Gasteiger charge is 2.29. The molecule has 1 aromatic rings. The van der Waals surface area contributed by atoms with Gasteiger partial charge < -0.3 is 14.4 Å². The smallest absolute Gasteiger partial charge is 0.255 e. The Labute approximate surface area is 132 Å². The van der Waals surface area contributed by atoms with Crippen molar-refractivity contribution in [2.75, 3.05) is 26.1 Å². The maximum atomic E-state index is 12.6. The summed E-state index contributed by atoms with van der Waals surface area (Å²) in [5.74, 6) is 1.00. The first-order valence-corrected chi connectivity index (χ1v) is 7.72. The van der Waals surface area contributed by atoms with Gasteiger partial charge in [-0.1, -0.05) is 0 Å². The lowest BCUT2D eigenvalue weighted by Crippen LogP contribution is -2.49. The van der Waals surface area contributed by atoms with Crippen molar-refractivity contribution in [3.8, 4) is 5.75 Å². The van der Waals surface area contributed by atoms with Gasteiger partial charge in [0.2, 0.25) is 0 Å². The summed E-state index contributed by atoms with van der Waals surface area (Å²) in [6.07, 6.45) is -0.130. The number of alkyl halides is 1. The molecule has 1 saturated heterocycles. The van der Waals surface area contributed by atoms with Crippen molar-refractivity contribution < 1.29 is 14.3 Å². The lowest BCUT2D eigenvalue weighted by atomic mass is 10.1. The van der Waals surface area contributed by atoms with Crippen LogP contribution in [-0.4, -0.2) is 49.1 Å². The SMILES string of the molecule is COc1ccc(Br)c(C(=O)N2CC(C)OC(CCl)C2)c1. The van der Waals surface area contributed by atoms with Gasteiger partial charge in [0.15, 0.2) is 0 Å². The molecule has 2 rings (SSSR count). The maximum absolute atomic E-state index is 12.6. The van der Waals surface area contributed by atoms with E-state index < -0.39 is 0 Å². The molecule has 6 heteroatoms. The molecule has 1 amide bonds. The molecular formula is C14H17BrClNO3. The molecule has 4 nitrogen and oxygen atoms in total. The molecule has 0 N–H and O–H groups in total. The van der Waals surface area contributed by atoms with E-state index >= 15 is 0 Å². The number of rotatable bonds is 3. The van der Waals surface area contributed by atoms with Crippen molar-refractivity contribution in [2.45, 2.75) is 19.1 Å². The van der Waals surface area contributed by atoms with E-state index in [1.165, 1.54) is 0 Å². The van der Waals surface area contributed by atoms with E-state index in [0.29, 0.717) is 30.3 Å². The number of hydrogen-bond acceptors (Lipinski definition) is 3. The molecule has 0 radical (unpaired) electrons. The molecule has 110 valence electrons. The quantitative estimate of drug-likeness (QED) is 0.776. The topological polar surface area (TPSA) is 38.8 Å². The van der Waals surface area contributed by atoms with Crippen molar-refractivity contribution in [3.05, 3.63) is 28.2 Å². The fourth-order valence-corrected chi connectivity index (χ4v) is 2.85. The normalized spacial score (nSPS) is 22.7. The van der Waals surface area contributed by atoms with Crippen LogP contribution in [-0.2, 0) is 4.74 Å². The van der Waals surface area contributed by atoms with Crippen LogP contribution in [0.25, 0.3) is 0 Å². The Morgan fingerprint density at radius 1 is 1.55 bits per heavy atom. The van der Waals surface area contributed by atoms with Crippen LogP contribution in [0.15, 0.2) is 22.7 Å². The summed E-state index contributed by atoms with van der Waals surface area (Å²) in [5, 5.41) is 0. The number of morpholine rings is 1. The monoisotopic (exact) mass is 361 g/mol. The van der Waals surface area contributed by atoms with E-state index in [9.17, 15) is 4.79 Å². The number of halogens is 2. The predicted octanol–water partition coefficient (Wildman–Crippen LogP) is 2.93. The molecule has 1 fully saturated rings. The number of hydrogen-bond donors (Lipinski definition) is 0. The second-order valence-corrected chi connectivity index (χ2v) is 5.94. The Kier molecular flexibility index (Phi) is 5.29. The van der Waals surface area contributed by atoms with E-state index in [-0.39, 0.29) is 18.1 Å². The first kappa shape index (κ1) is 15.6. The Bertz CT molecular complexity index is 497. The second-order valence-electron chi connectivity index (χ2n) is 4.78. The molecule has 0 aliphatic carbocycles. The summed E-state index contributed by atoms with van der Waals surface area (Å²) < 4.78 is 11.6. The molecule has 0 saturated carbocycles. The van der Waals surface area contributed by atoms with Crippen molar-refractivity contribution >= 4 is 33.4 Å². The third kappa shape index (κ3) is 3.45. The van der Waals surface area contributed by atoms with Crippen molar-refractivity contribution in [1.29, 1.82) is 0 Å². The van der Waals surface area contributed by atoms with Crippen molar-refractivity contribution in [3.63, 3.8) is 0 Å². The van der Waals surface area contributed by atoms with E-state index in [1.54, 1.807) is 18.1 Å². The van der Waals surface area contributed by atoms with Crippen LogP contribution in [0.1, 0.15) is 17.3 Å². The van der Waals surface area contributed by atoms with Gasteiger partial charge in [0.05, 0.1) is 30.8 Å². The van der Waals surface area contributed by atoms with Gasteiger partial charge in [0.1, 0.15) is 5.75 Å². The Balaban J connectivity index is 2.22. The number of carbonyl (C=O) groups excluding carboxylic acids is 1. The molecular weight excluding hydrogens is 346 g/mol. The van der Waals surface area contributed by atoms with E-state index in [1.807, 2.05) is 19.1 Å². The molecule has 2 unspecified atom stereocenters. The summed E-state index contributed by atoms with van der Waals surface area (Å²) in [6, 6.07) is 5.36. The lowest BCUT2D eigenvalue weighted by Gasteiger charge is -2.36. The van der Waals surface area contributed by atoms with E-state index in [2.05, 4.69) is 15.9 Å². The molecule has 0 spiro atoms. The average molecular weight is 363 g/mol. The van der Waals surface area contributed by atoms with Crippen LogP contribution >= 0.6 is 27.5 Å². The maximum Gasteiger partial charge on any atom is 0.255 e. The number of benzene rings is 1. The molecule has 0 bridgehead atoms. The second kappa shape index (κ2) is 6.78. The van der Waals surface area contributed by atoms with Gasteiger partial charge in [0.25, 0.3) is 5.91 Å². The fraction of sp³-hybridized carbons (Fsp3) is 0.500. The molecule has 2 atom stereocenters. The minimum Gasteiger partial charge on any atom is -0.497 e. The van der Waals surface area contributed by atoms with Gasteiger partial charge in [-0.15, -0.1) is 11.6 Å². The minimum absolute atomic E-state index is 0.0131. The van der Waals surface area contributed by atoms with Gasteiger partial charge in [-0.25, -0.2) is 0 Å². The summed E-state index contributed by atoms with van der Waals surface area (Å²) in [4.78, 5) is 14.4. The van der Waals surface area contributed by atoms with Crippen LogP contribution in [0.4, 0.5) is 0 Å². The highest BCUT2D eigenvalue weighted by atomic mass is 79.9. The number of nitrogens with zero attached hydrogens (tertiary/aromatic N) is 1. The fourth-order valence-electron chi connectivity index (χ4n) is 2.26. The van der Waals surface area contributed by atoms with Gasteiger partial charge in [-0.3, -0.25) is 4.79 Å². The summed E-state index contributed by atoms with van der Waals surface area (Å²) in [6.45, 7) is 3.02.